The highest BCUT2D eigenvalue weighted by Gasteiger charge is 2.25. The molecule has 1 atom stereocenters. The highest BCUT2D eigenvalue weighted by Crippen LogP contribution is 2.39. The molecule has 2 aromatic heterocycles. The fraction of sp³-hybridized carbons (Fsp3) is 0.0833. The van der Waals surface area contributed by atoms with E-state index in [1.807, 2.05) is 78.9 Å². The lowest BCUT2D eigenvalue weighted by molar-refractivity contribution is 0.0931. The van der Waals surface area contributed by atoms with E-state index in [0.717, 1.165) is 16.6 Å². The maximum atomic E-state index is 13.0. The molecule has 0 fully saturated rings. The Morgan fingerprint density at radius 2 is 1.58 bits per heavy atom. The number of benzene rings is 3. The van der Waals surface area contributed by atoms with Crippen LogP contribution in [0.5, 0.6) is 0 Å². The first-order chi connectivity index (χ1) is 15.1. The summed E-state index contributed by atoms with van der Waals surface area (Å²) in [6.45, 7) is 1.51. The Balaban J connectivity index is 1.70. The third-order valence-corrected chi connectivity index (χ3v) is 6.26. The SMILES string of the molecule is CC(=O)n1c(S[C@@H](c2ccccc2)c2nc3ccccc3[nH]c2=O)nc2ccccc21. The van der Waals surface area contributed by atoms with Gasteiger partial charge in [-0.1, -0.05) is 66.4 Å². The Morgan fingerprint density at radius 1 is 0.903 bits per heavy atom. The number of thioether (sulfide) groups is 1. The molecular formula is C24H18N4O2S. The number of carbonyl (C=O) groups is 1. The summed E-state index contributed by atoms with van der Waals surface area (Å²) in [6.07, 6.45) is 0. The monoisotopic (exact) mass is 426 g/mol. The molecule has 6 nitrogen and oxygen atoms in total. The Kier molecular flexibility index (Phi) is 4.88. The smallest absolute Gasteiger partial charge is 0.271 e. The van der Waals surface area contributed by atoms with Crippen LogP contribution in [-0.2, 0) is 0 Å². The van der Waals surface area contributed by atoms with E-state index in [2.05, 4.69) is 15.0 Å². The Hall–Kier alpha value is -3.71. The van der Waals surface area contributed by atoms with E-state index in [1.54, 1.807) is 4.57 Å². The number of carbonyl (C=O) groups excluding carboxylic acids is 1. The van der Waals surface area contributed by atoms with E-state index in [0.29, 0.717) is 21.9 Å². The van der Waals surface area contributed by atoms with Gasteiger partial charge in [-0.25, -0.2) is 9.97 Å². The van der Waals surface area contributed by atoms with Crippen LogP contribution in [0.15, 0.2) is 88.8 Å². The molecule has 0 aliphatic carbocycles. The van der Waals surface area contributed by atoms with Gasteiger partial charge in [-0.3, -0.25) is 14.2 Å². The van der Waals surface area contributed by atoms with E-state index in [9.17, 15) is 9.59 Å². The van der Waals surface area contributed by atoms with Crippen LogP contribution in [0.4, 0.5) is 0 Å². The van der Waals surface area contributed by atoms with Crippen LogP contribution in [0.3, 0.4) is 0 Å². The van der Waals surface area contributed by atoms with Gasteiger partial charge in [0.25, 0.3) is 5.56 Å². The lowest BCUT2D eigenvalue weighted by atomic mass is 10.1. The van der Waals surface area contributed by atoms with Crippen molar-refractivity contribution in [3.63, 3.8) is 0 Å². The van der Waals surface area contributed by atoms with Gasteiger partial charge in [0.05, 0.1) is 27.3 Å². The second kappa shape index (κ2) is 7.85. The van der Waals surface area contributed by atoms with Gasteiger partial charge in [0.1, 0.15) is 5.69 Å². The molecule has 0 saturated heterocycles. The van der Waals surface area contributed by atoms with Gasteiger partial charge in [-0.15, -0.1) is 0 Å². The second-order valence-electron chi connectivity index (χ2n) is 7.11. The number of hydrogen-bond donors (Lipinski definition) is 1. The molecule has 7 heteroatoms. The predicted molar refractivity (Wildman–Crippen MR) is 123 cm³/mol. The summed E-state index contributed by atoms with van der Waals surface area (Å²) in [5.41, 5.74) is 3.88. The third-order valence-electron chi connectivity index (χ3n) is 5.04. The number of H-pyrrole nitrogens is 1. The van der Waals surface area contributed by atoms with E-state index in [-0.39, 0.29) is 11.5 Å². The number of aromatic amines is 1. The molecule has 0 unspecified atom stereocenters. The average Bonchev–Trinajstić information content (AvgIpc) is 3.16. The van der Waals surface area contributed by atoms with Crippen molar-refractivity contribution in [2.75, 3.05) is 0 Å². The minimum atomic E-state index is -0.440. The predicted octanol–water partition coefficient (Wildman–Crippen LogP) is 4.81. The first-order valence-corrected chi connectivity index (χ1v) is 10.7. The molecule has 31 heavy (non-hydrogen) atoms. The number of aromatic nitrogens is 4. The van der Waals surface area contributed by atoms with E-state index < -0.39 is 5.25 Å². The van der Waals surface area contributed by atoms with Gasteiger partial charge in [0, 0.05) is 6.92 Å². The van der Waals surface area contributed by atoms with Crippen LogP contribution in [0, 0.1) is 0 Å². The van der Waals surface area contributed by atoms with Gasteiger partial charge in [0.2, 0.25) is 5.91 Å². The fourth-order valence-electron chi connectivity index (χ4n) is 3.62. The van der Waals surface area contributed by atoms with Crippen molar-refractivity contribution in [3.8, 4) is 0 Å². The average molecular weight is 427 g/mol. The highest BCUT2D eigenvalue weighted by atomic mass is 32.2. The summed E-state index contributed by atoms with van der Waals surface area (Å²) >= 11 is 1.35. The summed E-state index contributed by atoms with van der Waals surface area (Å²) in [5.74, 6) is -0.136. The first-order valence-electron chi connectivity index (χ1n) is 9.81. The zero-order chi connectivity index (χ0) is 21.4. The number of hydrogen-bond acceptors (Lipinski definition) is 5. The van der Waals surface area contributed by atoms with E-state index >= 15 is 0 Å². The largest absolute Gasteiger partial charge is 0.319 e. The number of rotatable bonds is 4. The van der Waals surface area contributed by atoms with Crippen molar-refractivity contribution in [2.24, 2.45) is 0 Å². The van der Waals surface area contributed by atoms with Gasteiger partial charge in [0.15, 0.2) is 5.16 Å². The molecule has 152 valence electrons. The zero-order valence-corrected chi connectivity index (χ0v) is 17.5. The van der Waals surface area contributed by atoms with E-state index in [4.69, 9.17) is 0 Å². The summed E-state index contributed by atoms with van der Waals surface area (Å²) in [5, 5.41) is 0.0846. The minimum absolute atomic E-state index is 0.136. The quantitative estimate of drug-likeness (QED) is 0.417. The fourth-order valence-corrected chi connectivity index (χ4v) is 4.88. The summed E-state index contributed by atoms with van der Waals surface area (Å²) in [7, 11) is 0. The number of nitrogens with zero attached hydrogens (tertiary/aromatic N) is 3. The molecule has 5 rings (SSSR count). The molecule has 2 heterocycles. The third kappa shape index (κ3) is 3.53. The van der Waals surface area contributed by atoms with Crippen LogP contribution < -0.4 is 5.56 Å². The van der Waals surface area contributed by atoms with Gasteiger partial charge in [-0.05, 0) is 29.8 Å². The molecule has 0 saturated carbocycles. The van der Waals surface area contributed by atoms with E-state index in [1.165, 1.54) is 18.7 Å². The molecule has 0 amide bonds. The number of para-hydroxylation sites is 4. The van der Waals surface area contributed by atoms with Crippen molar-refractivity contribution in [1.29, 1.82) is 0 Å². The van der Waals surface area contributed by atoms with Crippen molar-refractivity contribution in [2.45, 2.75) is 17.3 Å². The van der Waals surface area contributed by atoms with Gasteiger partial charge >= 0.3 is 0 Å². The van der Waals surface area contributed by atoms with Crippen molar-refractivity contribution in [1.82, 2.24) is 19.5 Å². The van der Waals surface area contributed by atoms with Crippen LogP contribution in [-0.4, -0.2) is 25.4 Å². The highest BCUT2D eigenvalue weighted by molar-refractivity contribution is 7.99. The molecule has 5 aromatic rings. The molecule has 3 aromatic carbocycles. The van der Waals surface area contributed by atoms with Crippen LogP contribution >= 0.6 is 11.8 Å². The maximum Gasteiger partial charge on any atom is 0.271 e. The number of imidazole rings is 1. The number of fused-ring (bicyclic) bond motifs is 2. The maximum absolute atomic E-state index is 13.0. The topological polar surface area (TPSA) is 80.6 Å². The van der Waals surface area contributed by atoms with Gasteiger partial charge < -0.3 is 4.98 Å². The number of nitrogens with one attached hydrogen (secondary N) is 1. The summed E-state index contributed by atoms with van der Waals surface area (Å²) < 4.78 is 1.59. The molecule has 0 bridgehead atoms. The summed E-state index contributed by atoms with van der Waals surface area (Å²) in [4.78, 5) is 37.8. The Bertz CT molecular complexity index is 1470. The molecule has 0 aliphatic heterocycles. The summed E-state index contributed by atoms with van der Waals surface area (Å²) in [6, 6.07) is 24.6. The minimum Gasteiger partial charge on any atom is -0.319 e. The van der Waals surface area contributed by atoms with Gasteiger partial charge in [-0.2, -0.15) is 0 Å². The molecule has 1 N–H and O–H groups in total. The molecular weight excluding hydrogens is 408 g/mol. The van der Waals surface area contributed by atoms with Crippen molar-refractivity contribution in [3.05, 3.63) is 100 Å². The Labute approximate surface area is 182 Å². The molecule has 0 radical (unpaired) electrons. The van der Waals surface area contributed by atoms with Crippen LogP contribution in [0.2, 0.25) is 0 Å². The zero-order valence-electron chi connectivity index (χ0n) is 16.6. The van der Waals surface area contributed by atoms with Crippen LogP contribution in [0.1, 0.15) is 28.2 Å². The first kappa shape index (κ1) is 19.3. The van der Waals surface area contributed by atoms with Crippen LogP contribution in [0.25, 0.3) is 22.1 Å². The molecule has 0 spiro atoms. The normalized spacial score (nSPS) is 12.3. The van der Waals surface area contributed by atoms with Crippen molar-refractivity contribution < 1.29 is 4.79 Å². The Morgan fingerprint density at radius 3 is 2.35 bits per heavy atom. The lowest BCUT2D eigenvalue weighted by Crippen LogP contribution is -2.19. The standard InChI is InChI=1S/C24H18N4O2S/c1-15(29)28-20-14-8-7-13-19(20)27-24(28)31-22(16-9-3-2-4-10-16)21-23(30)26-18-12-6-5-11-17(18)25-21/h2-14,22H,1H3,(H,26,30)/t22-/m0/s1. The molecule has 0 aliphatic rings. The second-order valence-corrected chi connectivity index (χ2v) is 8.19. The lowest BCUT2D eigenvalue weighted by Gasteiger charge is -2.16. The van der Waals surface area contributed by atoms with Crippen molar-refractivity contribution >= 4 is 39.7 Å².